The standard InChI is InChI=1S/C3H10N2.C3H5NO/c1-3(2)5-4;1-2-3(4)5/h3,5H,4H2,1-2H3;2H,1H2,(H2,4,5). The van der Waals surface area contributed by atoms with Gasteiger partial charge in [-0.25, -0.2) is 0 Å². The number of hydrogen-bond donors (Lipinski definition) is 3. The second-order valence-electron chi connectivity index (χ2n) is 1.93. The number of nitrogens with two attached hydrogens (primary N) is 2. The summed E-state index contributed by atoms with van der Waals surface area (Å²) in [7, 11) is 0. The Bertz CT molecular complexity index is 101. The SMILES string of the molecule is C=CC(N)=O.CC(C)NN. The zero-order valence-corrected chi connectivity index (χ0v) is 6.42. The number of primary amides is 1. The normalized spacial score (nSPS) is 8.00. The van der Waals surface area contributed by atoms with E-state index in [1.807, 2.05) is 13.8 Å². The van der Waals surface area contributed by atoms with Crippen molar-refractivity contribution in [1.29, 1.82) is 0 Å². The fourth-order valence-electron chi connectivity index (χ4n) is 0. The minimum absolute atomic E-state index is 0.412. The van der Waals surface area contributed by atoms with Gasteiger partial charge in [-0.15, -0.1) is 0 Å². The van der Waals surface area contributed by atoms with Crippen molar-refractivity contribution in [3.05, 3.63) is 12.7 Å². The molecule has 0 saturated heterocycles. The topological polar surface area (TPSA) is 81.1 Å². The number of nitrogens with one attached hydrogen (secondary N) is 1. The summed E-state index contributed by atoms with van der Waals surface area (Å²) in [5.41, 5.74) is 7.06. The van der Waals surface area contributed by atoms with Crippen LogP contribution in [0.25, 0.3) is 0 Å². The first kappa shape index (κ1) is 11.9. The van der Waals surface area contributed by atoms with E-state index >= 15 is 0 Å². The highest BCUT2D eigenvalue weighted by Crippen LogP contribution is 1.64. The lowest BCUT2D eigenvalue weighted by Crippen LogP contribution is -2.29. The maximum absolute atomic E-state index is 9.47. The quantitative estimate of drug-likeness (QED) is 0.279. The zero-order valence-electron chi connectivity index (χ0n) is 6.42. The molecule has 0 aliphatic rings. The first-order valence-electron chi connectivity index (χ1n) is 2.92. The van der Waals surface area contributed by atoms with Crippen LogP contribution in [0.1, 0.15) is 13.8 Å². The first-order chi connectivity index (χ1) is 4.54. The average Bonchev–Trinajstić information content (AvgIpc) is 1.89. The lowest BCUT2D eigenvalue weighted by atomic mass is 10.4. The van der Waals surface area contributed by atoms with Crippen LogP contribution in [-0.2, 0) is 4.79 Å². The largest absolute Gasteiger partial charge is 0.366 e. The van der Waals surface area contributed by atoms with Crippen molar-refractivity contribution in [3.8, 4) is 0 Å². The highest BCUT2D eigenvalue weighted by molar-refractivity contribution is 5.84. The fourth-order valence-corrected chi connectivity index (χ4v) is 0. The summed E-state index contributed by atoms with van der Waals surface area (Å²) in [6.45, 7) is 7.06. The van der Waals surface area contributed by atoms with Gasteiger partial charge in [-0.2, -0.15) is 0 Å². The van der Waals surface area contributed by atoms with Gasteiger partial charge < -0.3 is 5.73 Å². The van der Waals surface area contributed by atoms with Crippen molar-refractivity contribution in [2.75, 3.05) is 0 Å². The van der Waals surface area contributed by atoms with E-state index in [-0.39, 0.29) is 0 Å². The summed E-state index contributed by atoms with van der Waals surface area (Å²) < 4.78 is 0. The second kappa shape index (κ2) is 8.13. The van der Waals surface area contributed by atoms with Crippen molar-refractivity contribution in [2.45, 2.75) is 19.9 Å². The molecule has 60 valence electrons. The number of amides is 1. The van der Waals surface area contributed by atoms with Crippen LogP contribution in [-0.4, -0.2) is 11.9 Å². The Morgan fingerprint density at radius 2 is 1.90 bits per heavy atom. The Morgan fingerprint density at radius 1 is 1.70 bits per heavy atom. The fraction of sp³-hybridized carbons (Fsp3) is 0.500. The Labute approximate surface area is 61.2 Å². The van der Waals surface area contributed by atoms with E-state index in [2.05, 4.69) is 17.7 Å². The summed E-state index contributed by atoms with van der Waals surface area (Å²) in [6.07, 6.45) is 1.06. The molecule has 1 amide bonds. The predicted octanol–water partition coefficient (Wildman–Crippen LogP) is -0.484. The Hall–Kier alpha value is -0.870. The van der Waals surface area contributed by atoms with E-state index < -0.39 is 5.91 Å². The minimum Gasteiger partial charge on any atom is -0.366 e. The molecule has 5 N–H and O–H groups in total. The maximum atomic E-state index is 9.47. The minimum atomic E-state index is -0.481. The third kappa shape index (κ3) is 27.3. The number of rotatable bonds is 2. The molecule has 0 saturated carbocycles. The van der Waals surface area contributed by atoms with Gasteiger partial charge in [0.15, 0.2) is 0 Å². The molecular weight excluding hydrogens is 130 g/mol. The van der Waals surface area contributed by atoms with E-state index in [1.165, 1.54) is 0 Å². The maximum Gasteiger partial charge on any atom is 0.240 e. The Morgan fingerprint density at radius 3 is 1.90 bits per heavy atom. The Balaban J connectivity index is 0. The van der Waals surface area contributed by atoms with Crippen LogP contribution < -0.4 is 17.0 Å². The molecular formula is C6H15N3O. The molecule has 0 atom stereocenters. The lowest BCUT2D eigenvalue weighted by molar-refractivity contribution is -0.113. The molecule has 0 spiro atoms. The molecule has 0 radical (unpaired) electrons. The second-order valence-corrected chi connectivity index (χ2v) is 1.93. The third-order valence-electron chi connectivity index (χ3n) is 0.535. The van der Waals surface area contributed by atoms with Crippen LogP contribution in [0.2, 0.25) is 0 Å². The van der Waals surface area contributed by atoms with Gasteiger partial charge in [0.25, 0.3) is 0 Å². The van der Waals surface area contributed by atoms with E-state index in [1.54, 1.807) is 0 Å². The third-order valence-corrected chi connectivity index (χ3v) is 0.535. The monoisotopic (exact) mass is 145 g/mol. The molecule has 4 heteroatoms. The molecule has 0 aromatic carbocycles. The van der Waals surface area contributed by atoms with Crippen LogP contribution in [0, 0.1) is 0 Å². The van der Waals surface area contributed by atoms with E-state index in [0.29, 0.717) is 6.04 Å². The molecule has 0 bridgehead atoms. The van der Waals surface area contributed by atoms with Gasteiger partial charge in [0.2, 0.25) is 5.91 Å². The highest BCUT2D eigenvalue weighted by Gasteiger charge is 1.77. The summed E-state index contributed by atoms with van der Waals surface area (Å²) in [5.74, 6) is 4.44. The summed E-state index contributed by atoms with van der Waals surface area (Å²) >= 11 is 0. The average molecular weight is 145 g/mol. The van der Waals surface area contributed by atoms with E-state index in [0.717, 1.165) is 6.08 Å². The van der Waals surface area contributed by atoms with Crippen LogP contribution in [0.3, 0.4) is 0 Å². The summed E-state index contributed by atoms with van der Waals surface area (Å²) in [5, 5.41) is 0. The molecule has 0 rings (SSSR count). The van der Waals surface area contributed by atoms with E-state index in [9.17, 15) is 4.79 Å². The smallest absolute Gasteiger partial charge is 0.240 e. The van der Waals surface area contributed by atoms with Crippen LogP contribution in [0.5, 0.6) is 0 Å². The van der Waals surface area contributed by atoms with Crippen LogP contribution in [0.15, 0.2) is 12.7 Å². The molecule has 4 nitrogen and oxygen atoms in total. The Kier molecular flexibility index (Phi) is 9.65. The molecule has 0 aromatic heterocycles. The molecule has 0 aliphatic heterocycles. The number of hydrazine groups is 1. The van der Waals surface area contributed by atoms with Crippen LogP contribution >= 0.6 is 0 Å². The number of hydrogen-bond acceptors (Lipinski definition) is 3. The highest BCUT2D eigenvalue weighted by atomic mass is 16.1. The van der Waals surface area contributed by atoms with Crippen molar-refractivity contribution in [2.24, 2.45) is 11.6 Å². The van der Waals surface area contributed by atoms with Gasteiger partial charge in [0.05, 0.1) is 0 Å². The molecule has 10 heavy (non-hydrogen) atoms. The number of carbonyl (C=O) groups excluding carboxylic acids is 1. The van der Waals surface area contributed by atoms with Gasteiger partial charge in [-0.3, -0.25) is 16.1 Å². The van der Waals surface area contributed by atoms with Crippen molar-refractivity contribution in [3.63, 3.8) is 0 Å². The van der Waals surface area contributed by atoms with Crippen molar-refractivity contribution < 1.29 is 4.79 Å². The summed E-state index contributed by atoms with van der Waals surface area (Å²) in [4.78, 5) is 9.47. The van der Waals surface area contributed by atoms with Crippen LogP contribution in [0.4, 0.5) is 0 Å². The molecule has 0 unspecified atom stereocenters. The summed E-state index contributed by atoms with van der Waals surface area (Å²) in [6, 6.07) is 0.412. The van der Waals surface area contributed by atoms with Crippen molar-refractivity contribution >= 4 is 5.91 Å². The van der Waals surface area contributed by atoms with Gasteiger partial charge in [0, 0.05) is 6.04 Å². The molecule has 0 aromatic rings. The lowest BCUT2D eigenvalue weighted by Gasteiger charge is -1.95. The molecule has 0 aliphatic carbocycles. The van der Waals surface area contributed by atoms with Gasteiger partial charge >= 0.3 is 0 Å². The predicted molar refractivity (Wildman–Crippen MR) is 41.9 cm³/mol. The van der Waals surface area contributed by atoms with Crippen molar-refractivity contribution in [1.82, 2.24) is 5.43 Å². The number of carbonyl (C=O) groups is 1. The van der Waals surface area contributed by atoms with Gasteiger partial charge in [-0.05, 0) is 19.9 Å². The van der Waals surface area contributed by atoms with Gasteiger partial charge in [-0.1, -0.05) is 6.58 Å². The zero-order chi connectivity index (χ0) is 8.57. The molecule has 0 fully saturated rings. The first-order valence-corrected chi connectivity index (χ1v) is 2.92. The molecule has 0 heterocycles. The van der Waals surface area contributed by atoms with Gasteiger partial charge in [0.1, 0.15) is 0 Å². The van der Waals surface area contributed by atoms with E-state index in [4.69, 9.17) is 5.84 Å².